The van der Waals surface area contributed by atoms with Gasteiger partial charge in [0, 0.05) is 11.1 Å². The Labute approximate surface area is 136 Å². The highest BCUT2D eigenvalue weighted by atomic mass is 32.2. The Morgan fingerprint density at radius 1 is 1.08 bits per heavy atom. The molecule has 2 aromatic carbocycles. The third-order valence-electron chi connectivity index (χ3n) is 3.52. The van der Waals surface area contributed by atoms with Crippen molar-refractivity contribution in [2.45, 2.75) is 11.8 Å². The molecule has 0 aliphatic rings. The highest BCUT2D eigenvalue weighted by molar-refractivity contribution is 7.89. The van der Waals surface area contributed by atoms with Crippen LogP contribution in [0.1, 0.15) is 5.76 Å². The maximum Gasteiger partial charge on any atom is 0.238 e. The number of primary sulfonamides is 1. The van der Waals surface area contributed by atoms with Gasteiger partial charge in [0.1, 0.15) is 11.5 Å². The topological polar surface area (TPSA) is 86.2 Å². The van der Waals surface area contributed by atoms with Crippen molar-refractivity contribution in [2.75, 3.05) is 0 Å². The Morgan fingerprint density at radius 3 is 2.46 bits per heavy atom. The van der Waals surface area contributed by atoms with Gasteiger partial charge in [-0.2, -0.15) is 0 Å². The lowest BCUT2D eigenvalue weighted by atomic mass is 9.99. The molecule has 0 aliphatic heterocycles. The van der Waals surface area contributed by atoms with Gasteiger partial charge in [0.2, 0.25) is 10.0 Å². The van der Waals surface area contributed by atoms with Crippen LogP contribution in [-0.2, 0) is 10.0 Å². The van der Waals surface area contributed by atoms with E-state index >= 15 is 0 Å². The molecule has 0 aliphatic carbocycles. The molecule has 8 heteroatoms. The molecule has 0 amide bonds. The van der Waals surface area contributed by atoms with Gasteiger partial charge in [0.05, 0.1) is 10.5 Å². The van der Waals surface area contributed by atoms with Gasteiger partial charge in [-0.25, -0.2) is 22.3 Å². The van der Waals surface area contributed by atoms with E-state index in [9.17, 15) is 17.2 Å². The second-order valence-electron chi connectivity index (χ2n) is 5.13. The molecule has 124 valence electrons. The molecule has 0 radical (unpaired) electrons. The summed E-state index contributed by atoms with van der Waals surface area (Å²) in [6.45, 7) is 1.59. The van der Waals surface area contributed by atoms with Crippen LogP contribution in [0.3, 0.4) is 0 Å². The van der Waals surface area contributed by atoms with Gasteiger partial charge in [0.25, 0.3) is 0 Å². The molecule has 1 heterocycles. The number of hydrogen-bond donors (Lipinski definition) is 1. The SMILES string of the molecule is Cc1onc(-c2ccc(F)c(F)c2)c1-c1ccccc1S(N)(=O)=O. The Bertz CT molecular complexity index is 1030. The molecule has 0 bridgehead atoms. The molecule has 1 aromatic heterocycles. The number of nitrogens with two attached hydrogens (primary N) is 1. The summed E-state index contributed by atoms with van der Waals surface area (Å²) in [6.07, 6.45) is 0. The summed E-state index contributed by atoms with van der Waals surface area (Å²) in [5.74, 6) is -1.71. The van der Waals surface area contributed by atoms with Crippen LogP contribution in [0.15, 0.2) is 51.9 Å². The average Bonchev–Trinajstić information content (AvgIpc) is 2.91. The molecule has 24 heavy (non-hydrogen) atoms. The Kier molecular flexibility index (Phi) is 3.94. The van der Waals surface area contributed by atoms with Gasteiger partial charge in [0.15, 0.2) is 11.6 Å². The van der Waals surface area contributed by atoms with E-state index in [0.717, 1.165) is 12.1 Å². The summed E-state index contributed by atoms with van der Waals surface area (Å²) in [7, 11) is -3.99. The molecule has 0 saturated heterocycles. The number of aryl methyl sites for hydroxylation is 1. The molecule has 3 aromatic rings. The first-order valence-corrected chi connectivity index (χ1v) is 8.37. The van der Waals surface area contributed by atoms with Crippen LogP contribution in [0.2, 0.25) is 0 Å². The van der Waals surface area contributed by atoms with Crippen molar-refractivity contribution >= 4 is 10.0 Å². The van der Waals surface area contributed by atoms with Gasteiger partial charge in [-0.15, -0.1) is 0 Å². The van der Waals surface area contributed by atoms with Crippen molar-refractivity contribution in [1.82, 2.24) is 5.16 Å². The number of benzene rings is 2. The largest absolute Gasteiger partial charge is 0.360 e. The van der Waals surface area contributed by atoms with E-state index in [1.165, 1.54) is 18.2 Å². The first kappa shape index (κ1) is 16.3. The summed E-state index contributed by atoms with van der Waals surface area (Å²) in [5.41, 5.74) is 1.08. The zero-order chi connectivity index (χ0) is 17.5. The normalized spacial score (nSPS) is 11.7. The summed E-state index contributed by atoms with van der Waals surface area (Å²) in [5, 5.41) is 9.11. The van der Waals surface area contributed by atoms with Crippen molar-refractivity contribution in [2.24, 2.45) is 5.14 Å². The number of rotatable bonds is 3. The van der Waals surface area contributed by atoms with Gasteiger partial charge in [-0.3, -0.25) is 0 Å². The van der Waals surface area contributed by atoms with Crippen LogP contribution < -0.4 is 5.14 Å². The summed E-state index contributed by atoms with van der Waals surface area (Å²) >= 11 is 0. The highest BCUT2D eigenvalue weighted by Gasteiger charge is 2.23. The molecule has 0 fully saturated rings. The number of nitrogens with zero attached hydrogens (tertiary/aromatic N) is 1. The minimum atomic E-state index is -3.99. The summed E-state index contributed by atoms with van der Waals surface area (Å²) < 4.78 is 55.5. The maximum absolute atomic E-state index is 13.5. The van der Waals surface area contributed by atoms with E-state index in [0.29, 0.717) is 11.3 Å². The third-order valence-corrected chi connectivity index (χ3v) is 4.49. The van der Waals surface area contributed by atoms with Gasteiger partial charge in [-0.05, 0) is 31.2 Å². The predicted octanol–water partition coefficient (Wildman–Crippen LogP) is 3.24. The summed E-state index contributed by atoms with van der Waals surface area (Å²) in [4.78, 5) is -0.111. The molecule has 5 nitrogen and oxygen atoms in total. The first-order valence-electron chi connectivity index (χ1n) is 6.83. The zero-order valence-corrected chi connectivity index (χ0v) is 13.3. The zero-order valence-electron chi connectivity index (χ0n) is 12.5. The standard InChI is InChI=1S/C16H12F2N2O3S/c1-9-15(11-4-2-3-5-14(11)24(19,21)22)16(20-23-9)10-6-7-12(17)13(18)8-10/h2-8H,1H3,(H2,19,21,22). The smallest absolute Gasteiger partial charge is 0.238 e. The fraction of sp³-hybridized carbons (Fsp3) is 0.0625. The monoisotopic (exact) mass is 350 g/mol. The number of sulfonamides is 1. The van der Waals surface area contributed by atoms with Gasteiger partial charge < -0.3 is 4.52 Å². The van der Waals surface area contributed by atoms with E-state index in [-0.39, 0.29) is 21.7 Å². The van der Waals surface area contributed by atoms with Crippen LogP contribution in [-0.4, -0.2) is 13.6 Å². The second kappa shape index (κ2) is 5.81. The second-order valence-corrected chi connectivity index (χ2v) is 6.66. The van der Waals surface area contributed by atoms with E-state index in [1.54, 1.807) is 19.1 Å². The minimum absolute atomic E-state index is 0.111. The lowest BCUT2D eigenvalue weighted by Gasteiger charge is -2.08. The van der Waals surface area contributed by atoms with Gasteiger partial charge >= 0.3 is 0 Å². The van der Waals surface area contributed by atoms with Crippen LogP contribution >= 0.6 is 0 Å². The molecule has 0 unspecified atom stereocenters. The molecule has 0 spiro atoms. The fourth-order valence-corrected chi connectivity index (χ4v) is 3.20. The summed E-state index contributed by atoms with van der Waals surface area (Å²) in [6, 6.07) is 9.32. The molecular formula is C16H12F2N2O3S. The molecular weight excluding hydrogens is 338 g/mol. The van der Waals surface area contributed by atoms with Gasteiger partial charge in [-0.1, -0.05) is 23.4 Å². The fourth-order valence-electron chi connectivity index (χ4n) is 2.45. The minimum Gasteiger partial charge on any atom is -0.360 e. The van der Waals surface area contributed by atoms with E-state index < -0.39 is 21.7 Å². The van der Waals surface area contributed by atoms with Crippen LogP contribution in [0.5, 0.6) is 0 Å². The first-order chi connectivity index (χ1) is 11.3. The quantitative estimate of drug-likeness (QED) is 0.786. The van der Waals surface area contributed by atoms with E-state index in [1.807, 2.05) is 0 Å². The van der Waals surface area contributed by atoms with E-state index in [2.05, 4.69) is 5.16 Å². The van der Waals surface area contributed by atoms with Crippen molar-refractivity contribution < 1.29 is 21.7 Å². The Balaban J connectivity index is 2.29. The van der Waals surface area contributed by atoms with E-state index in [4.69, 9.17) is 9.66 Å². The number of aromatic nitrogens is 1. The van der Waals surface area contributed by atoms with Crippen LogP contribution in [0.4, 0.5) is 8.78 Å². The third kappa shape index (κ3) is 2.81. The van der Waals surface area contributed by atoms with Crippen LogP contribution in [0, 0.1) is 18.6 Å². The maximum atomic E-state index is 13.5. The lowest BCUT2D eigenvalue weighted by Crippen LogP contribution is -2.13. The Morgan fingerprint density at radius 2 is 1.79 bits per heavy atom. The van der Waals surface area contributed by atoms with Crippen molar-refractivity contribution in [3.8, 4) is 22.4 Å². The Hall–Kier alpha value is -2.58. The predicted molar refractivity (Wildman–Crippen MR) is 83.4 cm³/mol. The average molecular weight is 350 g/mol. The molecule has 0 atom stereocenters. The van der Waals surface area contributed by atoms with Crippen molar-refractivity contribution in [1.29, 1.82) is 0 Å². The molecule has 2 N–H and O–H groups in total. The highest BCUT2D eigenvalue weighted by Crippen LogP contribution is 2.37. The number of hydrogen-bond acceptors (Lipinski definition) is 4. The lowest BCUT2D eigenvalue weighted by molar-refractivity contribution is 0.400. The number of halogens is 2. The van der Waals surface area contributed by atoms with Crippen LogP contribution in [0.25, 0.3) is 22.4 Å². The molecule has 3 rings (SSSR count). The van der Waals surface area contributed by atoms with Crippen molar-refractivity contribution in [3.05, 3.63) is 59.9 Å². The van der Waals surface area contributed by atoms with Crippen molar-refractivity contribution in [3.63, 3.8) is 0 Å². The molecule has 0 saturated carbocycles.